The van der Waals surface area contributed by atoms with E-state index in [4.69, 9.17) is 9.68 Å². The van der Waals surface area contributed by atoms with Crippen molar-refractivity contribution < 1.29 is 4.42 Å². The lowest BCUT2D eigenvalue weighted by Gasteiger charge is -2.11. The van der Waals surface area contributed by atoms with Gasteiger partial charge in [0.25, 0.3) is 0 Å². The van der Waals surface area contributed by atoms with E-state index < -0.39 is 0 Å². The Kier molecular flexibility index (Phi) is 4.98. The van der Waals surface area contributed by atoms with E-state index in [2.05, 4.69) is 26.7 Å². The summed E-state index contributed by atoms with van der Waals surface area (Å²) in [7, 11) is 0. The maximum Gasteiger partial charge on any atom is 0.225 e. The maximum absolute atomic E-state index is 8.95. The zero-order valence-corrected chi connectivity index (χ0v) is 15.0. The number of benzene rings is 2. The zero-order valence-electron chi connectivity index (χ0n) is 15.0. The van der Waals surface area contributed by atoms with Crippen molar-refractivity contribution in [1.82, 2.24) is 9.97 Å². The van der Waals surface area contributed by atoms with Gasteiger partial charge in [-0.2, -0.15) is 10.2 Å². The zero-order chi connectivity index (χ0) is 19.2. The first-order chi connectivity index (χ1) is 13.8. The van der Waals surface area contributed by atoms with E-state index in [1.54, 1.807) is 18.4 Å². The van der Waals surface area contributed by atoms with Gasteiger partial charge in [-0.25, -0.2) is 4.98 Å². The van der Waals surface area contributed by atoms with Gasteiger partial charge >= 0.3 is 0 Å². The molecule has 0 aliphatic heterocycles. The van der Waals surface area contributed by atoms with Crippen molar-refractivity contribution in [1.29, 1.82) is 5.26 Å². The standard InChI is InChI=1S/C22H17N5O/c23-14-16-8-10-18(11-9-16)25-21-13-20(17-5-2-1-3-6-17)26-22(27-21)24-15-19-7-4-12-28-19/h1-13H,15H2,(H2,24,25,26,27). The molecule has 0 saturated carbocycles. The van der Waals surface area contributed by atoms with Gasteiger partial charge in [-0.15, -0.1) is 0 Å². The Morgan fingerprint density at radius 2 is 1.75 bits per heavy atom. The number of rotatable bonds is 6. The first-order valence-electron chi connectivity index (χ1n) is 8.78. The van der Waals surface area contributed by atoms with Gasteiger partial charge in [0.2, 0.25) is 5.95 Å². The quantitative estimate of drug-likeness (QED) is 0.501. The molecule has 0 atom stereocenters. The van der Waals surface area contributed by atoms with Crippen LogP contribution in [0, 0.1) is 11.3 Å². The third kappa shape index (κ3) is 4.17. The minimum Gasteiger partial charge on any atom is -0.467 e. The molecule has 4 rings (SSSR count). The fourth-order valence-electron chi connectivity index (χ4n) is 2.70. The summed E-state index contributed by atoms with van der Waals surface area (Å²) in [5, 5.41) is 15.4. The second-order valence-corrected chi connectivity index (χ2v) is 6.08. The van der Waals surface area contributed by atoms with E-state index in [0.717, 1.165) is 22.7 Å². The van der Waals surface area contributed by atoms with Crippen molar-refractivity contribution in [2.24, 2.45) is 0 Å². The lowest BCUT2D eigenvalue weighted by molar-refractivity contribution is 0.517. The molecule has 2 N–H and O–H groups in total. The Bertz CT molecular complexity index is 1080. The van der Waals surface area contributed by atoms with E-state index in [0.29, 0.717) is 23.9 Å². The van der Waals surface area contributed by atoms with Crippen LogP contribution in [0.4, 0.5) is 17.5 Å². The monoisotopic (exact) mass is 367 g/mol. The Hall–Kier alpha value is -4.11. The molecule has 28 heavy (non-hydrogen) atoms. The number of aromatic nitrogens is 2. The number of hydrogen-bond donors (Lipinski definition) is 2. The van der Waals surface area contributed by atoms with Crippen LogP contribution in [0.15, 0.2) is 83.5 Å². The molecule has 136 valence electrons. The Morgan fingerprint density at radius 3 is 2.46 bits per heavy atom. The molecule has 0 saturated heterocycles. The van der Waals surface area contributed by atoms with Crippen molar-refractivity contribution in [3.63, 3.8) is 0 Å². The Balaban J connectivity index is 1.63. The van der Waals surface area contributed by atoms with Gasteiger partial charge in [-0.05, 0) is 36.4 Å². The highest BCUT2D eigenvalue weighted by Gasteiger charge is 2.08. The second-order valence-electron chi connectivity index (χ2n) is 6.08. The second kappa shape index (κ2) is 8.06. The normalized spacial score (nSPS) is 10.2. The molecule has 0 amide bonds. The van der Waals surface area contributed by atoms with Gasteiger partial charge < -0.3 is 15.1 Å². The fraction of sp³-hybridized carbons (Fsp3) is 0.0455. The SMILES string of the molecule is N#Cc1ccc(Nc2cc(-c3ccccc3)nc(NCc3ccco3)n2)cc1. The fourth-order valence-corrected chi connectivity index (χ4v) is 2.70. The van der Waals surface area contributed by atoms with Crippen LogP contribution < -0.4 is 10.6 Å². The molecular formula is C22H17N5O. The van der Waals surface area contributed by atoms with Crippen molar-refractivity contribution in [3.05, 3.63) is 90.4 Å². The van der Waals surface area contributed by atoms with Crippen LogP contribution in [-0.2, 0) is 6.54 Å². The van der Waals surface area contributed by atoms with E-state index in [1.807, 2.05) is 60.7 Å². The van der Waals surface area contributed by atoms with Crippen molar-refractivity contribution in [3.8, 4) is 17.3 Å². The van der Waals surface area contributed by atoms with Crippen molar-refractivity contribution >= 4 is 17.5 Å². The number of furan rings is 1. The van der Waals surface area contributed by atoms with Gasteiger partial charge in [0, 0.05) is 17.3 Å². The number of anilines is 3. The summed E-state index contributed by atoms with van der Waals surface area (Å²) in [6.07, 6.45) is 1.64. The minimum atomic E-state index is 0.488. The molecule has 0 spiro atoms. The molecule has 6 nitrogen and oxygen atoms in total. The predicted octanol–water partition coefficient (Wildman–Crippen LogP) is 4.96. The van der Waals surface area contributed by atoms with Crippen LogP contribution in [0.5, 0.6) is 0 Å². The summed E-state index contributed by atoms with van der Waals surface area (Å²) in [4.78, 5) is 9.18. The molecule has 0 unspecified atom stereocenters. The average molecular weight is 367 g/mol. The van der Waals surface area contributed by atoms with Gasteiger partial charge in [-0.3, -0.25) is 0 Å². The van der Waals surface area contributed by atoms with Crippen LogP contribution in [0.2, 0.25) is 0 Å². The largest absolute Gasteiger partial charge is 0.467 e. The molecule has 0 radical (unpaired) electrons. The number of hydrogen-bond acceptors (Lipinski definition) is 6. The Labute approximate surface area is 162 Å². The highest BCUT2D eigenvalue weighted by molar-refractivity contribution is 5.67. The molecule has 2 heterocycles. The molecule has 2 aromatic carbocycles. The smallest absolute Gasteiger partial charge is 0.225 e. The van der Waals surface area contributed by atoms with Crippen molar-refractivity contribution in [2.75, 3.05) is 10.6 Å². The van der Waals surface area contributed by atoms with Crippen LogP contribution in [-0.4, -0.2) is 9.97 Å². The number of nitrogens with one attached hydrogen (secondary N) is 2. The summed E-state index contributed by atoms with van der Waals surface area (Å²) in [5.41, 5.74) is 3.25. The number of nitriles is 1. The summed E-state index contributed by atoms with van der Waals surface area (Å²) in [5.74, 6) is 1.95. The lowest BCUT2D eigenvalue weighted by Crippen LogP contribution is -2.06. The van der Waals surface area contributed by atoms with Crippen LogP contribution in [0.1, 0.15) is 11.3 Å². The molecule has 6 heteroatoms. The van der Waals surface area contributed by atoms with Crippen LogP contribution >= 0.6 is 0 Å². The molecular weight excluding hydrogens is 350 g/mol. The summed E-state index contributed by atoms with van der Waals surface area (Å²) >= 11 is 0. The molecule has 0 bridgehead atoms. The lowest BCUT2D eigenvalue weighted by atomic mass is 10.1. The molecule has 4 aromatic rings. The minimum absolute atomic E-state index is 0.488. The maximum atomic E-state index is 8.95. The summed E-state index contributed by atoms with van der Waals surface area (Å²) in [6.45, 7) is 0.488. The van der Waals surface area contributed by atoms with Crippen molar-refractivity contribution in [2.45, 2.75) is 6.54 Å². The number of nitrogens with zero attached hydrogens (tertiary/aromatic N) is 3. The van der Waals surface area contributed by atoms with Crippen LogP contribution in [0.3, 0.4) is 0 Å². The van der Waals surface area contributed by atoms with Gasteiger partial charge in [0.15, 0.2) is 0 Å². The first kappa shape index (κ1) is 17.3. The molecule has 0 aliphatic rings. The third-order valence-corrected chi connectivity index (χ3v) is 4.08. The molecule has 0 fully saturated rings. The van der Waals surface area contributed by atoms with E-state index in [1.165, 1.54) is 0 Å². The highest BCUT2D eigenvalue weighted by atomic mass is 16.3. The van der Waals surface area contributed by atoms with Crippen LogP contribution in [0.25, 0.3) is 11.3 Å². The topological polar surface area (TPSA) is 86.8 Å². The summed E-state index contributed by atoms with van der Waals surface area (Å²) < 4.78 is 5.36. The first-order valence-corrected chi connectivity index (χ1v) is 8.78. The van der Waals surface area contributed by atoms with Gasteiger partial charge in [0.1, 0.15) is 11.6 Å². The van der Waals surface area contributed by atoms with Gasteiger partial charge in [0.05, 0.1) is 30.1 Å². The summed E-state index contributed by atoms with van der Waals surface area (Å²) in [6, 6.07) is 24.9. The highest BCUT2D eigenvalue weighted by Crippen LogP contribution is 2.24. The molecule has 2 aromatic heterocycles. The van der Waals surface area contributed by atoms with E-state index in [-0.39, 0.29) is 0 Å². The Morgan fingerprint density at radius 1 is 0.929 bits per heavy atom. The van der Waals surface area contributed by atoms with Gasteiger partial charge in [-0.1, -0.05) is 30.3 Å². The average Bonchev–Trinajstić information content (AvgIpc) is 3.27. The predicted molar refractivity (Wildman–Crippen MR) is 108 cm³/mol. The van der Waals surface area contributed by atoms with E-state index in [9.17, 15) is 0 Å². The molecule has 0 aliphatic carbocycles. The van der Waals surface area contributed by atoms with E-state index >= 15 is 0 Å². The third-order valence-electron chi connectivity index (χ3n) is 4.08.